The number of nitrogens with one attached hydrogen (secondary N) is 2. The number of benzene rings is 1. The molecule has 0 radical (unpaired) electrons. The first-order valence-electron chi connectivity index (χ1n) is 7.78. The van der Waals surface area contributed by atoms with E-state index in [1.54, 1.807) is 0 Å². The first-order chi connectivity index (χ1) is 11.0. The minimum Gasteiger partial charge on any atom is -0.480 e. The number of aromatic nitrogens is 1. The maximum absolute atomic E-state index is 12.2. The van der Waals surface area contributed by atoms with Crippen molar-refractivity contribution >= 4 is 38.7 Å². The van der Waals surface area contributed by atoms with E-state index in [9.17, 15) is 14.7 Å². The summed E-state index contributed by atoms with van der Waals surface area (Å²) < 4.78 is 0.917. The predicted octanol–water partition coefficient (Wildman–Crippen LogP) is 2.84. The largest absolute Gasteiger partial charge is 0.480 e. The van der Waals surface area contributed by atoms with E-state index in [-0.39, 0.29) is 23.7 Å². The molecule has 2 unspecified atom stereocenters. The molecule has 2 atom stereocenters. The molecule has 4 rings (SSSR count). The van der Waals surface area contributed by atoms with Crippen molar-refractivity contribution in [2.45, 2.75) is 31.7 Å². The van der Waals surface area contributed by atoms with Gasteiger partial charge in [-0.05, 0) is 42.4 Å². The van der Waals surface area contributed by atoms with E-state index in [2.05, 4.69) is 26.2 Å². The van der Waals surface area contributed by atoms with E-state index in [1.807, 2.05) is 24.4 Å². The van der Waals surface area contributed by atoms with Gasteiger partial charge in [-0.2, -0.15) is 0 Å². The molecular formula is C17H17BrN2O3. The number of carbonyl (C=O) groups excluding carboxylic acids is 1. The Kier molecular flexibility index (Phi) is 3.27. The topological polar surface area (TPSA) is 82.2 Å². The van der Waals surface area contributed by atoms with E-state index >= 15 is 0 Å². The van der Waals surface area contributed by atoms with Crippen LogP contribution in [0.2, 0.25) is 0 Å². The van der Waals surface area contributed by atoms with Crippen LogP contribution in [-0.4, -0.2) is 28.0 Å². The molecule has 120 valence electrons. The van der Waals surface area contributed by atoms with Gasteiger partial charge in [0.2, 0.25) is 5.91 Å². The zero-order valence-electron chi connectivity index (χ0n) is 12.4. The Balaban J connectivity index is 1.53. The molecule has 0 saturated heterocycles. The van der Waals surface area contributed by atoms with Crippen LogP contribution in [0.3, 0.4) is 0 Å². The summed E-state index contributed by atoms with van der Waals surface area (Å²) >= 11 is 3.51. The van der Waals surface area contributed by atoms with Gasteiger partial charge in [0, 0.05) is 33.9 Å². The third-order valence-corrected chi connectivity index (χ3v) is 5.83. The van der Waals surface area contributed by atoms with Crippen molar-refractivity contribution in [3.05, 3.63) is 34.4 Å². The van der Waals surface area contributed by atoms with Gasteiger partial charge >= 0.3 is 5.97 Å². The highest BCUT2D eigenvalue weighted by Crippen LogP contribution is 2.70. The molecule has 0 aliphatic heterocycles. The lowest BCUT2D eigenvalue weighted by Crippen LogP contribution is -2.43. The predicted molar refractivity (Wildman–Crippen MR) is 89.0 cm³/mol. The minimum absolute atomic E-state index is 0.0269. The van der Waals surface area contributed by atoms with Gasteiger partial charge in [0.15, 0.2) is 0 Å². The van der Waals surface area contributed by atoms with Crippen molar-refractivity contribution in [3.63, 3.8) is 0 Å². The lowest BCUT2D eigenvalue weighted by Gasteiger charge is -2.14. The van der Waals surface area contributed by atoms with E-state index in [0.29, 0.717) is 0 Å². The smallest absolute Gasteiger partial charge is 0.326 e. The van der Waals surface area contributed by atoms with Crippen molar-refractivity contribution in [3.8, 4) is 0 Å². The number of H-pyrrole nitrogens is 1. The summed E-state index contributed by atoms with van der Waals surface area (Å²) in [4.78, 5) is 27.0. The van der Waals surface area contributed by atoms with Crippen LogP contribution >= 0.6 is 15.9 Å². The second-order valence-corrected chi connectivity index (χ2v) is 7.55. The fourth-order valence-electron chi connectivity index (χ4n) is 3.49. The maximum atomic E-state index is 12.2. The van der Waals surface area contributed by atoms with Crippen molar-refractivity contribution < 1.29 is 14.7 Å². The molecule has 0 bridgehead atoms. The van der Waals surface area contributed by atoms with Crippen LogP contribution in [0.4, 0.5) is 0 Å². The molecule has 2 saturated carbocycles. The SMILES string of the molecule is O=C(O)C(Cc1c[nH]c2cccc(Br)c12)NC(=O)C1CC12CC2. The summed E-state index contributed by atoms with van der Waals surface area (Å²) in [6.45, 7) is 0. The van der Waals surface area contributed by atoms with E-state index in [1.165, 1.54) is 0 Å². The summed E-state index contributed by atoms with van der Waals surface area (Å²) in [5, 5.41) is 13.2. The van der Waals surface area contributed by atoms with Crippen molar-refractivity contribution in [2.24, 2.45) is 11.3 Å². The number of fused-ring (bicyclic) bond motifs is 1. The van der Waals surface area contributed by atoms with Crippen LogP contribution in [0.1, 0.15) is 24.8 Å². The lowest BCUT2D eigenvalue weighted by molar-refractivity contribution is -0.142. The van der Waals surface area contributed by atoms with Gasteiger partial charge in [0.05, 0.1) is 0 Å². The maximum Gasteiger partial charge on any atom is 0.326 e. The highest BCUT2D eigenvalue weighted by atomic mass is 79.9. The second-order valence-electron chi connectivity index (χ2n) is 6.70. The zero-order chi connectivity index (χ0) is 16.2. The van der Waals surface area contributed by atoms with E-state index < -0.39 is 12.0 Å². The third kappa shape index (κ3) is 2.55. The number of rotatable bonds is 5. The van der Waals surface area contributed by atoms with Crippen LogP contribution in [0, 0.1) is 11.3 Å². The Morgan fingerprint density at radius 2 is 2.22 bits per heavy atom. The van der Waals surface area contributed by atoms with Crippen LogP contribution in [0.15, 0.2) is 28.9 Å². The molecule has 3 N–H and O–H groups in total. The minimum atomic E-state index is -0.995. The van der Waals surface area contributed by atoms with Crippen LogP contribution in [-0.2, 0) is 16.0 Å². The molecule has 2 aromatic rings. The van der Waals surface area contributed by atoms with Gasteiger partial charge in [0.25, 0.3) is 0 Å². The van der Waals surface area contributed by atoms with Gasteiger partial charge in [-0.3, -0.25) is 4.79 Å². The number of carbonyl (C=O) groups is 2. The number of hydrogen-bond donors (Lipinski definition) is 3. The zero-order valence-corrected chi connectivity index (χ0v) is 14.0. The first-order valence-corrected chi connectivity index (χ1v) is 8.57. The molecule has 2 fully saturated rings. The fraction of sp³-hybridized carbons (Fsp3) is 0.412. The lowest BCUT2D eigenvalue weighted by atomic mass is 10.0. The molecule has 1 spiro atoms. The molecule has 23 heavy (non-hydrogen) atoms. The molecule has 1 aromatic carbocycles. The second kappa shape index (κ2) is 5.09. The summed E-state index contributed by atoms with van der Waals surface area (Å²) in [6, 6.07) is 4.89. The molecule has 1 aromatic heterocycles. The quantitative estimate of drug-likeness (QED) is 0.750. The molecule has 2 aliphatic rings. The summed E-state index contributed by atoms with van der Waals surface area (Å²) in [6.07, 6.45) is 5.22. The molecule has 2 aliphatic carbocycles. The number of amides is 1. The van der Waals surface area contributed by atoms with Crippen LogP contribution in [0.25, 0.3) is 10.9 Å². The number of carboxylic acid groups (broad SMARTS) is 1. The summed E-state index contributed by atoms with van der Waals surface area (Å²) in [5.74, 6) is -1.07. The standard InChI is InChI=1S/C17H17BrN2O3/c18-11-2-1-3-12-14(11)9(8-19-12)6-13(16(22)23)20-15(21)10-7-17(10)4-5-17/h1-3,8,10,13,19H,4-7H2,(H,20,21)(H,22,23). The number of aromatic amines is 1. The number of carboxylic acids is 1. The van der Waals surface area contributed by atoms with E-state index in [4.69, 9.17) is 0 Å². The van der Waals surface area contributed by atoms with Crippen molar-refractivity contribution in [1.29, 1.82) is 0 Å². The summed E-state index contributed by atoms with van der Waals surface area (Å²) in [5.41, 5.74) is 2.07. The van der Waals surface area contributed by atoms with Gasteiger partial charge in [-0.1, -0.05) is 22.0 Å². The van der Waals surface area contributed by atoms with Crippen molar-refractivity contribution in [1.82, 2.24) is 10.3 Å². The number of halogens is 1. The highest BCUT2D eigenvalue weighted by molar-refractivity contribution is 9.10. The molecule has 5 nitrogen and oxygen atoms in total. The number of hydrogen-bond acceptors (Lipinski definition) is 2. The Morgan fingerprint density at radius 1 is 1.43 bits per heavy atom. The molecular weight excluding hydrogens is 360 g/mol. The Labute approximate surface area is 141 Å². The van der Waals surface area contributed by atoms with Gasteiger partial charge in [-0.15, -0.1) is 0 Å². The van der Waals surface area contributed by atoms with Crippen LogP contribution < -0.4 is 5.32 Å². The third-order valence-electron chi connectivity index (χ3n) is 5.17. The van der Waals surface area contributed by atoms with Gasteiger partial charge < -0.3 is 15.4 Å². The Hall–Kier alpha value is -1.82. The highest BCUT2D eigenvalue weighted by Gasteiger charge is 2.65. The molecule has 6 heteroatoms. The first kappa shape index (κ1) is 14.8. The normalized spacial score (nSPS) is 22.0. The number of aliphatic carboxylic acids is 1. The van der Waals surface area contributed by atoms with Gasteiger partial charge in [-0.25, -0.2) is 4.79 Å². The monoisotopic (exact) mass is 376 g/mol. The average Bonchev–Trinajstić information content (AvgIpc) is 3.40. The van der Waals surface area contributed by atoms with E-state index in [0.717, 1.165) is 40.2 Å². The fourth-order valence-corrected chi connectivity index (χ4v) is 4.11. The Bertz CT molecular complexity index is 809. The summed E-state index contributed by atoms with van der Waals surface area (Å²) in [7, 11) is 0. The average molecular weight is 377 g/mol. The van der Waals surface area contributed by atoms with Crippen molar-refractivity contribution in [2.75, 3.05) is 0 Å². The molecule has 1 heterocycles. The van der Waals surface area contributed by atoms with Gasteiger partial charge in [0.1, 0.15) is 6.04 Å². The van der Waals surface area contributed by atoms with Crippen LogP contribution in [0.5, 0.6) is 0 Å². The molecule has 1 amide bonds. The Morgan fingerprint density at radius 3 is 2.87 bits per heavy atom.